The summed E-state index contributed by atoms with van der Waals surface area (Å²) in [6, 6.07) is -0.337. The molecule has 4 nitrogen and oxygen atoms in total. The van der Waals surface area contributed by atoms with Crippen molar-refractivity contribution < 1.29 is 18.0 Å². The van der Waals surface area contributed by atoms with Gasteiger partial charge in [-0.05, 0) is 13.8 Å². The van der Waals surface area contributed by atoms with Gasteiger partial charge in [-0.2, -0.15) is 23.8 Å². The molecule has 0 aliphatic carbocycles. The van der Waals surface area contributed by atoms with Crippen LogP contribution in [-0.2, 0) is 11.9 Å². The first-order chi connectivity index (χ1) is 7.29. The maximum Gasteiger partial charge on any atom is 0.413 e. The van der Waals surface area contributed by atoms with Gasteiger partial charge in [0.1, 0.15) is 0 Å². The number of halogens is 3. The molecule has 1 N–H and O–H groups in total. The molecule has 1 atom stereocenters. The first-order valence-electron chi connectivity index (χ1n) is 4.74. The predicted molar refractivity (Wildman–Crippen MR) is 51.5 cm³/mol. The van der Waals surface area contributed by atoms with E-state index < -0.39 is 12.8 Å². The van der Waals surface area contributed by atoms with Gasteiger partial charge in [0.05, 0.1) is 11.7 Å². The van der Waals surface area contributed by atoms with Gasteiger partial charge in [0.2, 0.25) is 0 Å². The number of nitrogens with zero attached hydrogens (tertiary/aromatic N) is 2. The highest BCUT2D eigenvalue weighted by molar-refractivity contribution is 5.18. The number of hydrogen-bond donors (Lipinski definition) is 1. The Bertz CT molecular complexity index is 348. The quantitative estimate of drug-likeness (QED) is 0.812. The molecular formula is C9H14F3N3O. The minimum atomic E-state index is -4.32. The second-order valence-electron chi connectivity index (χ2n) is 3.59. The summed E-state index contributed by atoms with van der Waals surface area (Å²) >= 11 is 0. The largest absolute Gasteiger partial charge is 0.413 e. The molecule has 0 aliphatic heterocycles. The summed E-state index contributed by atoms with van der Waals surface area (Å²) in [6.45, 7) is 2.19. The number of hydrogen-bond acceptors (Lipinski definition) is 3. The summed E-state index contributed by atoms with van der Waals surface area (Å²) < 4.78 is 37.0. The lowest BCUT2D eigenvalue weighted by Crippen LogP contribution is -2.26. The number of aryl methyl sites for hydroxylation is 2. The van der Waals surface area contributed by atoms with Crippen molar-refractivity contribution in [2.75, 3.05) is 6.61 Å². The van der Waals surface area contributed by atoms with Crippen LogP contribution in [0.5, 0.6) is 0 Å². The van der Waals surface area contributed by atoms with E-state index in [9.17, 15) is 13.2 Å². The number of aromatic nitrogens is 2. The zero-order valence-corrected chi connectivity index (χ0v) is 9.30. The van der Waals surface area contributed by atoms with Crippen molar-refractivity contribution in [1.82, 2.24) is 15.3 Å². The molecule has 0 aliphatic rings. The lowest BCUT2D eigenvalue weighted by Gasteiger charge is -2.14. The molecule has 0 radical (unpaired) electrons. The molecule has 7 heteroatoms. The molecule has 0 aromatic carbocycles. The monoisotopic (exact) mass is 237 g/mol. The topological polar surface area (TPSA) is 39.1 Å². The molecule has 92 valence electrons. The molecule has 1 unspecified atom stereocenters. The van der Waals surface area contributed by atoms with E-state index in [1.54, 1.807) is 31.8 Å². The van der Waals surface area contributed by atoms with Crippen LogP contribution in [-0.4, -0.2) is 22.6 Å². The van der Waals surface area contributed by atoms with E-state index in [-0.39, 0.29) is 6.04 Å². The molecule has 1 aromatic rings. The van der Waals surface area contributed by atoms with Crippen LogP contribution in [0.4, 0.5) is 13.2 Å². The van der Waals surface area contributed by atoms with Crippen LogP contribution in [0.1, 0.15) is 24.2 Å². The summed E-state index contributed by atoms with van der Waals surface area (Å²) in [5, 5.41) is 4.09. The fourth-order valence-electron chi connectivity index (χ4n) is 1.36. The summed E-state index contributed by atoms with van der Waals surface area (Å²) in [6.07, 6.45) is -2.58. The molecule has 0 amide bonds. The lowest BCUT2D eigenvalue weighted by atomic mass is 10.1. The van der Waals surface area contributed by atoms with Gasteiger partial charge in [-0.25, -0.2) is 0 Å². The van der Waals surface area contributed by atoms with Crippen molar-refractivity contribution in [3.8, 4) is 0 Å². The second-order valence-corrected chi connectivity index (χ2v) is 3.59. The van der Waals surface area contributed by atoms with Crippen LogP contribution in [0.25, 0.3) is 0 Å². The van der Waals surface area contributed by atoms with Crippen LogP contribution in [0.2, 0.25) is 0 Å². The van der Waals surface area contributed by atoms with Crippen LogP contribution >= 0.6 is 0 Å². The van der Waals surface area contributed by atoms with Gasteiger partial charge in [0, 0.05) is 18.8 Å². The Morgan fingerprint density at radius 1 is 1.56 bits per heavy atom. The van der Waals surface area contributed by atoms with Crippen molar-refractivity contribution >= 4 is 0 Å². The smallest absolute Gasteiger partial charge is 0.292 e. The normalized spacial score (nSPS) is 14.1. The average molecular weight is 237 g/mol. The number of hydroxylamine groups is 1. The Labute approximate surface area is 91.3 Å². The highest BCUT2D eigenvalue weighted by Crippen LogP contribution is 2.17. The van der Waals surface area contributed by atoms with Gasteiger partial charge in [0.15, 0.2) is 6.61 Å². The number of rotatable bonds is 4. The SMILES string of the molecule is Cc1nn(C)cc1C(C)NOCC(F)(F)F. The summed E-state index contributed by atoms with van der Waals surface area (Å²) in [7, 11) is 1.75. The van der Waals surface area contributed by atoms with E-state index in [0.29, 0.717) is 0 Å². The lowest BCUT2D eigenvalue weighted by molar-refractivity contribution is -0.192. The molecule has 1 heterocycles. The van der Waals surface area contributed by atoms with Crippen molar-refractivity contribution in [1.29, 1.82) is 0 Å². The Balaban J connectivity index is 2.47. The zero-order valence-electron chi connectivity index (χ0n) is 9.30. The average Bonchev–Trinajstić information content (AvgIpc) is 2.43. The first kappa shape index (κ1) is 13.0. The highest BCUT2D eigenvalue weighted by Gasteiger charge is 2.28. The molecule has 1 aromatic heterocycles. The van der Waals surface area contributed by atoms with Gasteiger partial charge >= 0.3 is 6.18 Å². The predicted octanol–water partition coefficient (Wildman–Crippen LogP) is 1.87. The van der Waals surface area contributed by atoms with Gasteiger partial charge < -0.3 is 0 Å². The Morgan fingerprint density at radius 2 is 2.19 bits per heavy atom. The van der Waals surface area contributed by atoms with Crippen LogP contribution in [0.3, 0.4) is 0 Å². The third-order valence-corrected chi connectivity index (χ3v) is 2.01. The Morgan fingerprint density at radius 3 is 2.62 bits per heavy atom. The molecule has 16 heavy (non-hydrogen) atoms. The first-order valence-corrected chi connectivity index (χ1v) is 4.74. The minimum Gasteiger partial charge on any atom is -0.292 e. The minimum absolute atomic E-state index is 0.337. The third-order valence-electron chi connectivity index (χ3n) is 2.01. The number of alkyl halides is 3. The van der Waals surface area contributed by atoms with Crippen LogP contribution in [0, 0.1) is 6.92 Å². The third kappa shape index (κ3) is 3.82. The zero-order chi connectivity index (χ0) is 12.3. The van der Waals surface area contributed by atoms with E-state index in [1.807, 2.05) is 0 Å². The van der Waals surface area contributed by atoms with Gasteiger partial charge in [-0.1, -0.05) is 0 Å². The fraction of sp³-hybridized carbons (Fsp3) is 0.667. The molecule has 0 saturated heterocycles. The van der Waals surface area contributed by atoms with Gasteiger partial charge in [-0.15, -0.1) is 0 Å². The Hall–Kier alpha value is -1.08. The van der Waals surface area contributed by atoms with E-state index in [1.165, 1.54) is 0 Å². The van der Waals surface area contributed by atoms with Gasteiger partial charge in [-0.3, -0.25) is 9.52 Å². The molecule has 0 bridgehead atoms. The maximum atomic E-state index is 11.8. The summed E-state index contributed by atoms with van der Waals surface area (Å²) in [5.41, 5.74) is 3.91. The van der Waals surface area contributed by atoms with E-state index >= 15 is 0 Å². The maximum absolute atomic E-state index is 11.8. The van der Waals surface area contributed by atoms with E-state index in [4.69, 9.17) is 0 Å². The molecule has 0 spiro atoms. The van der Waals surface area contributed by atoms with Crippen molar-refractivity contribution in [2.24, 2.45) is 7.05 Å². The molecular weight excluding hydrogens is 223 g/mol. The summed E-state index contributed by atoms with van der Waals surface area (Å²) in [4.78, 5) is 4.37. The summed E-state index contributed by atoms with van der Waals surface area (Å²) in [5.74, 6) is 0. The molecule has 0 fully saturated rings. The Kier molecular flexibility index (Phi) is 3.93. The van der Waals surface area contributed by atoms with Crippen molar-refractivity contribution in [2.45, 2.75) is 26.1 Å². The molecule has 0 saturated carbocycles. The fourth-order valence-corrected chi connectivity index (χ4v) is 1.36. The van der Waals surface area contributed by atoms with Crippen molar-refractivity contribution in [3.05, 3.63) is 17.5 Å². The molecule has 1 rings (SSSR count). The van der Waals surface area contributed by atoms with Crippen LogP contribution < -0.4 is 5.48 Å². The highest BCUT2D eigenvalue weighted by atomic mass is 19.4. The van der Waals surface area contributed by atoms with Crippen molar-refractivity contribution in [3.63, 3.8) is 0 Å². The second kappa shape index (κ2) is 4.84. The number of nitrogens with one attached hydrogen (secondary N) is 1. The van der Waals surface area contributed by atoms with E-state index in [0.717, 1.165) is 11.3 Å². The van der Waals surface area contributed by atoms with Gasteiger partial charge in [0.25, 0.3) is 0 Å². The van der Waals surface area contributed by atoms with E-state index in [2.05, 4.69) is 15.4 Å². The van der Waals surface area contributed by atoms with Crippen LogP contribution in [0.15, 0.2) is 6.20 Å². The standard InChI is InChI=1S/C9H14F3N3O/c1-6-8(4-15(3)13-6)7(2)14-16-5-9(10,11)12/h4,7,14H,5H2,1-3H3.